The summed E-state index contributed by atoms with van der Waals surface area (Å²) in [6, 6.07) is 0. The van der Waals surface area contributed by atoms with E-state index < -0.39 is 0 Å². The molecule has 2 heteroatoms. The fraction of sp³-hybridized carbons (Fsp3) is 0.700. The van der Waals surface area contributed by atoms with Crippen LogP contribution >= 0.6 is 0 Å². The molecule has 68 valence electrons. The Labute approximate surface area is 74.2 Å². The summed E-state index contributed by atoms with van der Waals surface area (Å²) in [5, 5.41) is 0. The van der Waals surface area contributed by atoms with Gasteiger partial charge in [-0.15, -0.1) is 0 Å². The Morgan fingerprint density at radius 3 is 2.50 bits per heavy atom. The van der Waals surface area contributed by atoms with Crippen molar-refractivity contribution in [1.82, 2.24) is 4.90 Å². The van der Waals surface area contributed by atoms with Crippen LogP contribution in [0.3, 0.4) is 0 Å². The van der Waals surface area contributed by atoms with Crippen molar-refractivity contribution in [3.05, 3.63) is 12.2 Å². The van der Waals surface area contributed by atoms with Gasteiger partial charge in [0.25, 0.3) is 0 Å². The van der Waals surface area contributed by atoms with Gasteiger partial charge < -0.3 is 4.90 Å². The van der Waals surface area contributed by atoms with E-state index in [0.29, 0.717) is 0 Å². The van der Waals surface area contributed by atoms with Crippen LogP contribution in [0.2, 0.25) is 0 Å². The van der Waals surface area contributed by atoms with Gasteiger partial charge in [0.2, 0.25) is 5.91 Å². The summed E-state index contributed by atoms with van der Waals surface area (Å²) in [6.45, 7) is 5.83. The zero-order chi connectivity index (χ0) is 8.97. The second-order valence-electron chi connectivity index (χ2n) is 3.35. The summed E-state index contributed by atoms with van der Waals surface area (Å²) in [5.74, 6) is 0.346. The molecular weight excluding hydrogens is 150 g/mol. The second-order valence-corrected chi connectivity index (χ2v) is 3.35. The van der Waals surface area contributed by atoms with E-state index in [0.717, 1.165) is 13.1 Å². The fourth-order valence-corrected chi connectivity index (χ4v) is 1.60. The summed E-state index contributed by atoms with van der Waals surface area (Å²) in [5.41, 5.74) is 0. The average Bonchev–Trinajstić information content (AvgIpc) is 2.55. The molecule has 12 heavy (non-hydrogen) atoms. The van der Waals surface area contributed by atoms with Gasteiger partial charge >= 0.3 is 0 Å². The van der Waals surface area contributed by atoms with Crippen molar-refractivity contribution in [3.8, 4) is 0 Å². The van der Waals surface area contributed by atoms with E-state index in [4.69, 9.17) is 0 Å². The smallest absolute Gasteiger partial charge is 0.229 e. The lowest BCUT2D eigenvalue weighted by Gasteiger charge is -2.17. The number of hydrogen-bond acceptors (Lipinski definition) is 1. The van der Waals surface area contributed by atoms with Crippen LogP contribution in [0.4, 0.5) is 0 Å². The number of amides is 1. The van der Waals surface area contributed by atoms with Crippen molar-refractivity contribution >= 4 is 5.91 Å². The van der Waals surface area contributed by atoms with Gasteiger partial charge in [0, 0.05) is 13.1 Å². The first-order valence-electron chi connectivity index (χ1n) is 4.67. The summed E-state index contributed by atoms with van der Waals surface area (Å²) in [6.07, 6.45) is 6.25. The maximum absolute atomic E-state index is 11.6. The molecule has 1 aliphatic rings. The van der Waals surface area contributed by atoms with Crippen molar-refractivity contribution in [2.75, 3.05) is 13.1 Å². The van der Waals surface area contributed by atoms with Gasteiger partial charge in [0.15, 0.2) is 0 Å². The Hall–Kier alpha value is -0.790. The molecule has 2 nitrogen and oxygen atoms in total. The molecule has 0 saturated carbocycles. The Bertz CT molecular complexity index is 180. The number of carbonyl (C=O) groups is 1. The van der Waals surface area contributed by atoms with E-state index in [1.54, 1.807) is 0 Å². The van der Waals surface area contributed by atoms with E-state index in [1.165, 1.54) is 12.8 Å². The Balaban J connectivity index is 2.45. The minimum Gasteiger partial charge on any atom is -0.342 e. The van der Waals surface area contributed by atoms with Gasteiger partial charge in [0.05, 0.1) is 5.92 Å². The summed E-state index contributed by atoms with van der Waals surface area (Å²) >= 11 is 0. The van der Waals surface area contributed by atoms with Gasteiger partial charge in [-0.2, -0.15) is 0 Å². The number of rotatable bonds is 2. The molecule has 0 aromatic carbocycles. The maximum atomic E-state index is 11.6. The standard InChI is InChI=1S/C10H17NO/c1-3-6-9(2)10(12)11-7-4-5-8-11/h3,6,9H,4-5,7-8H2,1-2H3/b6-3-. The predicted octanol–water partition coefficient (Wildman–Crippen LogP) is 1.82. The zero-order valence-electron chi connectivity index (χ0n) is 7.92. The molecule has 1 amide bonds. The average molecular weight is 167 g/mol. The van der Waals surface area contributed by atoms with Gasteiger partial charge in [-0.1, -0.05) is 19.1 Å². The normalized spacial score (nSPS) is 20.3. The van der Waals surface area contributed by atoms with Crippen LogP contribution in [-0.4, -0.2) is 23.9 Å². The van der Waals surface area contributed by atoms with Crippen molar-refractivity contribution in [1.29, 1.82) is 0 Å². The van der Waals surface area contributed by atoms with Gasteiger partial charge in [-0.25, -0.2) is 0 Å². The van der Waals surface area contributed by atoms with Crippen LogP contribution in [0, 0.1) is 5.92 Å². The lowest BCUT2D eigenvalue weighted by atomic mass is 10.1. The van der Waals surface area contributed by atoms with E-state index >= 15 is 0 Å². The topological polar surface area (TPSA) is 20.3 Å². The molecule has 1 saturated heterocycles. The van der Waals surface area contributed by atoms with Crippen molar-refractivity contribution in [2.45, 2.75) is 26.7 Å². The Morgan fingerprint density at radius 2 is 2.00 bits per heavy atom. The highest BCUT2D eigenvalue weighted by Gasteiger charge is 2.20. The van der Waals surface area contributed by atoms with Gasteiger partial charge in [0.1, 0.15) is 0 Å². The molecule has 0 aromatic heterocycles. The molecule has 0 spiro atoms. The van der Waals surface area contributed by atoms with Crippen molar-refractivity contribution in [2.24, 2.45) is 5.92 Å². The largest absolute Gasteiger partial charge is 0.342 e. The highest BCUT2D eigenvalue weighted by Crippen LogP contribution is 2.12. The van der Waals surface area contributed by atoms with Crippen molar-refractivity contribution < 1.29 is 4.79 Å². The van der Waals surface area contributed by atoms with E-state index in [-0.39, 0.29) is 11.8 Å². The Kier molecular flexibility index (Phi) is 3.32. The number of carbonyl (C=O) groups excluding carboxylic acids is 1. The highest BCUT2D eigenvalue weighted by atomic mass is 16.2. The third-order valence-electron chi connectivity index (χ3n) is 2.29. The third kappa shape index (κ3) is 2.10. The lowest BCUT2D eigenvalue weighted by Crippen LogP contribution is -2.31. The number of allylic oxidation sites excluding steroid dienone is 1. The molecular formula is C10H17NO. The minimum atomic E-state index is 0.0631. The third-order valence-corrected chi connectivity index (χ3v) is 2.29. The predicted molar refractivity (Wildman–Crippen MR) is 49.8 cm³/mol. The first-order valence-corrected chi connectivity index (χ1v) is 4.67. The Morgan fingerprint density at radius 1 is 1.42 bits per heavy atom. The second kappa shape index (κ2) is 4.29. The molecule has 1 heterocycles. The highest BCUT2D eigenvalue weighted by molar-refractivity contribution is 5.80. The van der Waals surface area contributed by atoms with Crippen LogP contribution in [0.5, 0.6) is 0 Å². The number of nitrogens with zero attached hydrogens (tertiary/aromatic N) is 1. The minimum absolute atomic E-state index is 0.0631. The molecule has 1 unspecified atom stereocenters. The van der Waals surface area contributed by atoms with Crippen LogP contribution in [0.1, 0.15) is 26.7 Å². The van der Waals surface area contributed by atoms with Crippen molar-refractivity contribution in [3.63, 3.8) is 0 Å². The first kappa shape index (κ1) is 9.30. The molecule has 1 atom stereocenters. The monoisotopic (exact) mass is 167 g/mol. The molecule has 0 N–H and O–H groups in total. The number of hydrogen-bond donors (Lipinski definition) is 0. The fourth-order valence-electron chi connectivity index (χ4n) is 1.60. The maximum Gasteiger partial charge on any atom is 0.229 e. The van der Waals surface area contributed by atoms with Gasteiger partial charge in [-0.3, -0.25) is 4.79 Å². The SMILES string of the molecule is C/C=C\C(C)C(=O)N1CCCC1. The van der Waals surface area contributed by atoms with E-state index in [1.807, 2.05) is 30.9 Å². The molecule has 1 aliphatic heterocycles. The van der Waals surface area contributed by atoms with Crippen LogP contribution in [-0.2, 0) is 4.79 Å². The lowest BCUT2D eigenvalue weighted by molar-refractivity contribution is -0.132. The molecule has 0 bridgehead atoms. The molecule has 0 aliphatic carbocycles. The summed E-state index contributed by atoms with van der Waals surface area (Å²) in [4.78, 5) is 13.6. The molecule has 1 rings (SSSR count). The molecule has 0 aromatic rings. The van der Waals surface area contributed by atoms with E-state index in [2.05, 4.69) is 0 Å². The molecule has 0 radical (unpaired) electrons. The number of likely N-dealkylation sites (tertiary alicyclic amines) is 1. The zero-order valence-corrected chi connectivity index (χ0v) is 7.92. The molecule has 1 fully saturated rings. The summed E-state index contributed by atoms with van der Waals surface area (Å²) in [7, 11) is 0. The van der Waals surface area contributed by atoms with Crippen LogP contribution < -0.4 is 0 Å². The summed E-state index contributed by atoms with van der Waals surface area (Å²) < 4.78 is 0. The van der Waals surface area contributed by atoms with Crippen LogP contribution in [0.25, 0.3) is 0 Å². The van der Waals surface area contributed by atoms with E-state index in [9.17, 15) is 4.79 Å². The van der Waals surface area contributed by atoms with Crippen LogP contribution in [0.15, 0.2) is 12.2 Å². The van der Waals surface area contributed by atoms with Gasteiger partial charge in [-0.05, 0) is 19.8 Å². The quantitative estimate of drug-likeness (QED) is 0.574. The first-order chi connectivity index (χ1) is 5.75.